The molecule has 162 valence electrons. The minimum Gasteiger partial charge on any atom is -0.299 e. The van der Waals surface area contributed by atoms with Gasteiger partial charge in [-0.25, -0.2) is 0 Å². The van der Waals surface area contributed by atoms with Crippen LogP contribution in [0.5, 0.6) is 0 Å². The van der Waals surface area contributed by atoms with E-state index in [1.807, 2.05) is 11.1 Å². The number of hydrogen-bond acceptors (Lipinski definition) is 1. The zero-order chi connectivity index (χ0) is 21.0. The van der Waals surface area contributed by atoms with Crippen molar-refractivity contribution in [1.29, 1.82) is 0 Å². The van der Waals surface area contributed by atoms with Crippen molar-refractivity contribution in [2.45, 2.75) is 106 Å². The predicted octanol–water partition coefficient (Wildman–Crippen LogP) is 7.91. The van der Waals surface area contributed by atoms with E-state index < -0.39 is 0 Å². The summed E-state index contributed by atoms with van der Waals surface area (Å²) >= 11 is 0. The lowest BCUT2D eigenvalue weighted by molar-refractivity contribution is -0.130. The number of rotatable bonds is 4. The van der Waals surface area contributed by atoms with Crippen LogP contribution >= 0.6 is 0 Å². The average molecular weight is 397 g/mol. The van der Waals surface area contributed by atoms with Gasteiger partial charge in [0.2, 0.25) is 0 Å². The first kappa shape index (κ1) is 21.4. The second-order valence-corrected chi connectivity index (χ2v) is 11.9. The van der Waals surface area contributed by atoms with Crippen LogP contribution < -0.4 is 0 Å². The summed E-state index contributed by atoms with van der Waals surface area (Å²) in [6.07, 6.45) is 15.1. The molecule has 0 radical (unpaired) electrons. The quantitative estimate of drug-likeness (QED) is 0.441. The maximum absolute atomic E-state index is 12.4. The second kappa shape index (κ2) is 7.69. The molecular weight excluding hydrogens is 352 g/mol. The predicted molar refractivity (Wildman–Crippen MR) is 123 cm³/mol. The van der Waals surface area contributed by atoms with Gasteiger partial charge in [0.05, 0.1) is 0 Å². The highest BCUT2D eigenvalue weighted by molar-refractivity contribution is 5.82. The molecule has 0 aromatic heterocycles. The standard InChI is InChI=1S/C28H44O/c1-18(2)8-7-9-19(3)22-12-13-24-21-10-11-23-20(4)26(29)15-17-28(23,6)25(21)14-16-27(22,24)5/h8,19-20,22-24H,7,9-17H2,1-6H3/t19-,20-,22-,23+,24+,27+,28+/m0/s1. The Hall–Kier alpha value is -0.850. The lowest BCUT2D eigenvalue weighted by Gasteiger charge is -2.55. The molecule has 1 nitrogen and oxygen atoms in total. The molecule has 0 saturated heterocycles. The third-order valence-electron chi connectivity index (χ3n) is 10.2. The molecule has 7 atom stereocenters. The molecule has 0 unspecified atom stereocenters. The molecule has 0 bridgehead atoms. The van der Waals surface area contributed by atoms with Crippen molar-refractivity contribution >= 4 is 5.78 Å². The van der Waals surface area contributed by atoms with E-state index in [9.17, 15) is 4.79 Å². The number of hydrogen-bond donors (Lipinski definition) is 0. The van der Waals surface area contributed by atoms with Crippen LogP contribution in [0.3, 0.4) is 0 Å². The summed E-state index contributed by atoms with van der Waals surface area (Å²) in [5, 5.41) is 0. The van der Waals surface area contributed by atoms with Crippen LogP contribution in [0.2, 0.25) is 0 Å². The number of fused-ring (bicyclic) bond motifs is 4. The fourth-order valence-corrected chi connectivity index (χ4v) is 8.54. The van der Waals surface area contributed by atoms with Gasteiger partial charge in [0.25, 0.3) is 0 Å². The van der Waals surface area contributed by atoms with Gasteiger partial charge in [-0.05, 0) is 106 Å². The molecule has 1 heteroatoms. The van der Waals surface area contributed by atoms with E-state index in [2.05, 4.69) is 47.6 Å². The molecule has 0 aliphatic heterocycles. The first-order valence-electron chi connectivity index (χ1n) is 12.6. The van der Waals surface area contributed by atoms with Gasteiger partial charge in [-0.2, -0.15) is 0 Å². The Balaban J connectivity index is 1.57. The molecular formula is C28H44O. The highest BCUT2D eigenvalue weighted by atomic mass is 16.1. The van der Waals surface area contributed by atoms with Crippen LogP contribution in [0.15, 0.2) is 22.8 Å². The Morgan fingerprint density at radius 3 is 2.59 bits per heavy atom. The zero-order valence-electron chi connectivity index (χ0n) is 19.9. The number of Topliss-reactive ketones (excluding diaryl/α,β-unsaturated/α-hetero) is 1. The molecule has 0 aromatic rings. The Morgan fingerprint density at radius 2 is 1.86 bits per heavy atom. The minimum absolute atomic E-state index is 0.280. The molecule has 2 saturated carbocycles. The summed E-state index contributed by atoms with van der Waals surface area (Å²) < 4.78 is 0. The summed E-state index contributed by atoms with van der Waals surface area (Å²) in [7, 11) is 0. The Kier molecular flexibility index (Phi) is 5.67. The van der Waals surface area contributed by atoms with Gasteiger partial charge in [0.15, 0.2) is 0 Å². The van der Waals surface area contributed by atoms with Gasteiger partial charge in [-0.15, -0.1) is 0 Å². The second-order valence-electron chi connectivity index (χ2n) is 11.9. The van der Waals surface area contributed by atoms with Crippen molar-refractivity contribution in [2.75, 3.05) is 0 Å². The molecule has 29 heavy (non-hydrogen) atoms. The highest BCUT2D eigenvalue weighted by Gasteiger charge is 2.56. The highest BCUT2D eigenvalue weighted by Crippen LogP contribution is 2.66. The largest absolute Gasteiger partial charge is 0.299 e. The monoisotopic (exact) mass is 396 g/mol. The number of allylic oxidation sites excluding steroid dienone is 4. The molecule has 0 spiro atoms. The average Bonchev–Trinajstić information content (AvgIpc) is 3.02. The van der Waals surface area contributed by atoms with Gasteiger partial charge in [0, 0.05) is 12.3 Å². The summed E-state index contributed by atoms with van der Waals surface area (Å²) in [5.74, 6) is 3.97. The summed E-state index contributed by atoms with van der Waals surface area (Å²) in [4.78, 5) is 12.4. The van der Waals surface area contributed by atoms with E-state index in [-0.39, 0.29) is 5.92 Å². The van der Waals surface area contributed by atoms with Crippen LogP contribution in [-0.4, -0.2) is 5.78 Å². The maximum atomic E-state index is 12.4. The smallest absolute Gasteiger partial charge is 0.136 e. The van der Waals surface area contributed by atoms with Crippen LogP contribution in [0.25, 0.3) is 0 Å². The molecule has 0 heterocycles. The van der Waals surface area contributed by atoms with Crippen LogP contribution in [0.1, 0.15) is 106 Å². The minimum atomic E-state index is 0.280. The van der Waals surface area contributed by atoms with E-state index in [0.29, 0.717) is 22.5 Å². The van der Waals surface area contributed by atoms with Crippen molar-refractivity contribution in [3.63, 3.8) is 0 Å². The topological polar surface area (TPSA) is 17.1 Å². The first-order chi connectivity index (χ1) is 13.7. The van der Waals surface area contributed by atoms with Gasteiger partial charge >= 0.3 is 0 Å². The third-order valence-corrected chi connectivity index (χ3v) is 10.2. The molecule has 0 aromatic carbocycles. The van der Waals surface area contributed by atoms with E-state index in [4.69, 9.17) is 0 Å². The van der Waals surface area contributed by atoms with Gasteiger partial charge in [-0.1, -0.05) is 50.5 Å². The SMILES string of the molecule is CC(C)=CCC[C@H](C)[C@@H]1CC[C@@H]2C3=C(CC[C@@]21C)[C@]1(C)CCC(=O)[C@@H](C)[C@H]1CC3. The van der Waals surface area contributed by atoms with Crippen molar-refractivity contribution in [1.82, 2.24) is 0 Å². The van der Waals surface area contributed by atoms with Gasteiger partial charge in [-0.3, -0.25) is 4.79 Å². The zero-order valence-corrected chi connectivity index (χ0v) is 19.9. The molecule has 4 aliphatic rings. The van der Waals surface area contributed by atoms with E-state index in [0.717, 1.165) is 30.6 Å². The molecule has 0 amide bonds. The van der Waals surface area contributed by atoms with Crippen molar-refractivity contribution < 1.29 is 4.79 Å². The third kappa shape index (κ3) is 3.39. The maximum Gasteiger partial charge on any atom is 0.136 e. The number of carbonyl (C=O) groups is 1. The molecule has 4 rings (SSSR count). The summed E-state index contributed by atoms with van der Waals surface area (Å²) in [5.41, 5.74) is 5.99. The number of ketones is 1. The Bertz CT molecular complexity index is 723. The first-order valence-corrected chi connectivity index (χ1v) is 12.6. The fourth-order valence-electron chi connectivity index (χ4n) is 8.54. The molecule has 4 aliphatic carbocycles. The van der Waals surface area contributed by atoms with Gasteiger partial charge in [0.1, 0.15) is 5.78 Å². The fraction of sp³-hybridized carbons (Fsp3) is 0.821. The van der Waals surface area contributed by atoms with E-state index >= 15 is 0 Å². The molecule has 0 N–H and O–H groups in total. The van der Waals surface area contributed by atoms with Crippen molar-refractivity contribution in [3.8, 4) is 0 Å². The lowest BCUT2D eigenvalue weighted by Crippen LogP contribution is -2.47. The van der Waals surface area contributed by atoms with Crippen molar-refractivity contribution in [3.05, 3.63) is 22.8 Å². The Morgan fingerprint density at radius 1 is 1.10 bits per heavy atom. The summed E-state index contributed by atoms with van der Waals surface area (Å²) in [6.45, 7) is 14.4. The van der Waals surface area contributed by atoms with Gasteiger partial charge < -0.3 is 0 Å². The van der Waals surface area contributed by atoms with Crippen molar-refractivity contribution in [2.24, 2.45) is 40.4 Å². The van der Waals surface area contributed by atoms with E-state index in [1.165, 1.54) is 56.9 Å². The van der Waals surface area contributed by atoms with Crippen LogP contribution in [-0.2, 0) is 4.79 Å². The van der Waals surface area contributed by atoms with Crippen LogP contribution in [0, 0.1) is 40.4 Å². The lowest BCUT2D eigenvalue weighted by atomic mass is 9.49. The Labute approximate surface area is 179 Å². The normalized spacial score (nSPS) is 42.8. The van der Waals surface area contributed by atoms with Crippen LogP contribution in [0.4, 0.5) is 0 Å². The summed E-state index contributed by atoms with van der Waals surface area (Å²) in [6, 6.07) is 0. The van der Waals surface area contributed by atoms with E-state index in [1.54, 1.807) is 0 Å². The number of carbonyl (C=O) groups excluding carboxylic acids is 1. The molecule has 2 fully saturated rings.